The number of hydrogen-bond acceptors (Lipinski definition) is 3. The molecule has 0 spiro atoms. The molecule has 1 aromatic carbocycles. The Bertz CT molecular complexity index is 891. The molecule has 0 radical (unpaired) electrons. The SMILES string of the molecule is Cc1ccc(C)n1-c1ccc(C(=O)NCc2cccnc2N(C)C)cc1. The molecule has 0 saturated heterocycles. The van der Waals surface area contributed by atoms with Crippen LogP contribution in [0.2, 0.25) is 0 Å². The standard InChI is InChI=1S/C21H24N4O/c1-15-7-8-16(2)25(15)19-11-9-17(10-12-19)21(26)23-14-18-6-5-13-22-20(18)24(3)4/h5-13H,14H2,1-4H3,(H,23,26). The molecule has 0 atom stereocenters. The lowest BCUT2D eigenvalue weighted by atomic mass is 10.1. The molecule has 0 aliphatic heterocycles. The van der Waals surface area contributed by atoms with E-state index in [9.17, 15) is 4.79 Å². The van der Waals surface area contributed by atoms with Gasteiger partial charge < -0.3 is 14.8 Å². The number of nitrogens with one attached hydrogen (secondary N) is 1. The van der Waals surface area contributed by atoms with Gasteiger partial charge in [-0.25, -0.2) is 4.98 Å². The first-order valence-electron chi connectivity index (χ1n) is 8.62. The van der Waals surface area contributed by atoms with E-state index in [4.69, 9.17) is 0 Å². The molecule has 0 bridgehead atoms. The van der Waals surface area contributed by atoms with E-state index in [-0.39, 0.29) is 5.91 Å². The van der Waals surface area contributed by atoms with Gasteiger partial charge in [0.05, 0.1) is 0 Å². The molecule has 0 unspecified atom stereocenters. The topological polar surface area (TPSA) is 50.2 Å². The van der Waals surface area contributed by atoms with Crippen LogP contribution in [0, 0.1) is 13.8 Å². The lowest BCUT2D eigenvalue weighted by Crippen LogP contribution is -2.24. The highest BCUT2D eigenvalue weighted by Gasteiger charge is 2.10. The zero-order chi connectivity index (χ0) is 18.7. The first-order chi connectivity index (χ1) is 12.5. The Morgan fingerprint density at radius 3 is 2.31 bits per heavy atom. The van der Waals surface area contributed by atoms with E-state index in [0.29, 0.717) is 12.1 Å². The molecule has 2 heterocycles. The molecule has 1 N–H and O–H groups in total. The zero-order valence-electron chi connectivity index (χ0n) is 15.7. The van der Waals surface area contributed by atoms with Gasteiger partial charge in [0.2, 0.25) is 0 Å². The van der Waals surface area contributed by atoms with Crippen molar-refractivity contribution in [2.24, 2.45) is 0 Å². The van der Waals surface area contributed by atoms with Crippen LogP contribution < -0.4 is 10.2 Å². The molecule has 5 nitrogen and oxygen atoms in total. The molecule has 3 aromatic rings. The number of rotatable bonds is 5. The quantitative estimate of drug-likeness (QED) is 0.768. The number of pyridine rings is 1. The van der Waals surface area contributed by atoms with Crippen LogP contribution in [0.15, 0.2) is 54.7 Å². The van der Waals surface area contributed by atoms with E-state index < -0.39 is 0 Å². The van der Waals surface area contributed by atoms with Crippen molar-refractivity contribution in [1.29, 1.82) is 0 Å². The van der Waals surface area contributed by atoms with E-state index in [0.717, 1.165) is 17.1 Å². The van der Waals surface area contributed by atoms with Gasteiger partial charge in [0.15, 0.2) is 0 Å². The number of carbonyl (C=O) groups is 1. The van der Waals surface area contributed by atoms with Crippen LogP contribution in [0.1, 0.15) is 27.3 Å². The van der Waals surface area contributed by atoms with Gasteiger partial charge in [-0.2, -0.15) is 0 Å². The van der Waals surface area contributed by atoms with Gasteiger partial charge in [-0.1, -0.05) is 6.07 Å². The van der Waals surface area contributed by atoms with Crippen molar-refractivity contribution in [1.82, 2.24) is 14.9 Å². The van der Waals surface area contributed by atoms with Crippen molar-refractivity contribution >= 4 is 11.7 Å². The molecular formula is C21H24N4O. The van der Waals surface area contributed by atoms with Crippen molar-refractivity contribution in [2.75, 3.05) is 19.0 Å². The fourth-order valence-corrected chi connectivity index (χ4v) is 3.09. The number of hydrogen-bond donors (Lipinski definition) is 1. The average molecular weight is 348 g/mol. The predicted molar refractivity (Wildman–Crippen MR) is 105 cm³/mol. The van der Waals surface area contributed by atoms with Crippen molar-refractivity contribution in [3.05, 3.63) is 77.2 Å². The highest BCUT2D eigenvalue weighted by Crippen LogP contribution is 2.17. The predicted octanol–water partition coefficient (Wildman–Crippen LogP) is 3.49. The number of carbonyl (C=O) groups excluding carboxylic acids is 1. The van der Waals surface area contributed by atoms with E-state index in [1.54, 1.807) is 6.20 Å². The van der Waals surface area contributed by atoms with Crippen LogP contribution in [0.3, 0.4) is 0 Å². The zero-order valence-corrected chi connectivity index (χ0v) is 15.7. The smallest absolute Gasteiger partial charge is 0.251 e. The third-order valence-electron chi connectivity index (χ3n) is 4.39. The lowest BCUT2D eigenvalue weighted by molar-refractivity contribution is 0.0951. The number of amides is 1. The maximum Gasteiger partial charge on any atom is 0.251 e. The summed E-state index contributed by atoms with van der Waals surface area (Å²) < 4.78 is 2.17. The Labute approximate surface area is 154 Å². The van der Waals surface area contributed by atoms with Crippen LogP contribution in [0.5, 0.6) is 0 Å². The van der Waals surface area contributed by atoms with Crippen molar-refractivity contribution < 1.29 is 4.79 Å². The summed E-state index contributed by atoms with van der Waals surface area (Å²) in [5, 5.41) is 2.98. The van der Waals surface area contributed by atoms with E-state index >= 15 is 0 Å². The molecule has 0 aliphatic carbocycles. The molecule has 1 amide bonds. The Balaban J connectivity index is 1.71. The second-order valence-corrected chi connectivity index (χ2v) is 6.56. The second-order valence-electron chi connectivity index (χ2n) is 6.56. The highest BCUT2D eigenvalue weighted by molar-refractivity contribution is 5.94. The molecular weight excluding hydrogens is 324 g/mol. The summed E-state index contributed by atoms with van der Waals surface area (Å²) in [6.45, 7) is 4.59. The van der Waals surface area contributed by atoms with Crippen LogP contribution in [0.4, 0.5) is 5.82 Å². The molecule has 0 fully saturated rings. The molecule has 0 aliphatic rings. The molecule has 5 heteroatoms. The molecule has 0 saturated carbocycles. The Kier molecular flexibility index (Phi) is 5.07. The number of anilines is 1. The minimum atomic E-state index is -0.0916. The molecule has 2 aromatic heterocycles. The number of aromatic nitrogens is 2. The number of aryl methyl sites for hydroxylation is 2. The van der Waals surface area contributed by atoms with Crippen LogP contribution in [0.25, 0.3) is 5.69 Å². The summed E-state index contributed by atoms with van der Waals surface area (Å²) in [5.41, 5.74) is 5.04. The van der Waals surface area contributed by atoms with Gasteiger partial charge in [0, 0.05) is 55.0 Å². The Morgan fingerprint density at radius 1 is 1.04 bits per heavy atom. The number of benzene rings is 1. The van der Waals surface area contributed by atoms with E-state index in [2.05, 4.69) is 40.8 Å². The summed E-state index contributed by atoms with van der Waals surface area (Å²) >= 11 is 0. The van der Waals surface area contributed by atoms with Gasteiger partial charge >= 0.3 is 0 Å². The maximum absolute atomic E-state index is 12.5. The fourth-order valence-electron chi connectivity index (χ4n) is 3.09. The van der Waals surface area contributed by atoms with Gasteiger partial charge in [0.1, 0.15) is 5.82 Å². The lowest BCUT2D eigenvalue weighted by Gasteiger charge is -2.16. The highest BCUT2D eigenvalue weighted by atomic mass is 16.1. The van der Waals surface area contributed by atoms with Crippen molar-refractivity contribution in [3.8, 4) is 5.69 Å². The Morgan fingerprint density at radius 2 is 1.69 bits per heavy atom. The summed E-state index contributed by atoms with van der Waals surface area (Å²) in [6.07, 6.45) is 1.75. The summed E-state index contributed by atoms with van der Waals surface area (Å²) in [4.78, 5) is 18.8. The third kappa shape index (κ3) is 3.61. The van der Waals surface area contributed by atoms with Gasteiger partial charge in [-0.3, -0.25) is 4.79 Å². The fraction of sp³-hybridized carbons (Fsp3) is 0.238. The summed E-state index contributed by atoms with van der Waals surface area (Å²) in [6, 6.07) is 15.7. The van der Waals surface area contributed by atoms with Crippen LogP contribution >= 0.6 is 0 Å². The van der Waals surface area contributed by atoms with Crippen LogP contribution in [-0.4, -0.2) is 29.6 Å². The van der Waals surface area contributed by atoms with Gasteiger partial charge in [0.25, 0.3) is 5.91 Å². The first kappa shape index (κ1) is 17.7. The monoisotopic (exact) mass is 348 g/mol. The van der Waals surface area contributed by atoms with Gasteiger partial charge in [-0.15, -0.1) is 0 Å². The van der Waals surface area contributed by atoms with E-state index in [1.807, 2.05) is 55.4 Å². The largest absolute Gasteiger partial charge is 0.362 e. The first-order valence-corrected chi connectivity index (χ1v) is 8.62. The van der Waals surface area contributed by atoms with Crippen LogP contribution in [-0.2, 0) is 6.54 Å². The summed E-state index contributed by atoms with van der Waals surface area (Å²) in [5.74, 6) is 0.771. The second kappa shape index (κ2) is 7.44. The third-order valence-corrected chi connectivity index (χ3v) is 4.39. The average Bonchev–Trinajstić information content (AvgIpc) is 2.98. The molecule has 134 valence electrons. The van der Waals surface area contributed by atoms with Crippen molar-refractivity contribution in [3.63, 3.8) is 0 Å². The maximum atomic E-state index is 12.5. The summed E-state index contributed by atoms with van der Waals surface area (Å²) in [7, 11) is 3.88. The molecule has 26 heavy (non-hydrogen) atoms. The minimum Gasteiger partial charge on any atom is -0.362 e. The molecule has 3 rings (SSSR count). The number of nitrogens with zero attached hydrogens (tertiary/aromatic N) is 3. The van der Waals surface area contributed by atoms with E-state index in [1.165, 1.54) is 11.4 Å². The Hall–Kier alpha value is -3.08. The van der Waals surface area contributed by atoms with Crippen molar-refractivity contribution in [2.45, 2.75) is 20.4 Å². The van der Waals surface area contributed by atoms with Gasteiger partial charge in [-0.05, 0) is 56.3 Å². The normalized spacial score (nSPS) is 10.6. The minimum absolute atomic E-state index is 0.0916.